The molecule has 2 fully saturated rings. The van der Waals surface area contributed by atoms with Crippen LogP contribution in [0.25, 0.3) is 29.0 Å². The van der Waals surface area contributed by atoms with Gasteiger partial charge >= 0.3 is 12.7 Å². The number of primary amides is 2. The van der Waals surface area contributed by atoms with Crippen LogP contribution in [0.1, 0.15) is 43.2 Å². The quantitative estimate of drug-likeness (QED) is 0.0745. The number of hydrogen-bond acceptors (Lipinski definition) is 16. The van der Waals surface area contributed by atoms with Crippen molar-refractivity contribution < 1.29 is 45.4 Å². The van der Waals surface area contributed by atoms with Gasteiger partial charge in [0.2, 0.25) is 11.9 Å². The van der Waals surface area contributed by atoms with E-state index in [1.807, 2.05) is 14.1 Å². The Balaban J connectivity index is 0.000000184. The van der Waals surface area contributed by atoms with E-state index < -0.39 is 36.0 Å². The Morgan fingerprint density at radius 2 is 1.12 bits per heavy atom. The monoisotopic (exact) mass is 1060 g/mol. The summed E-state index contributed by atoms with van der Waals surface area (Å²) >= 11 is 5.96. The molecule has 27 heteroatoms. The van der Waals surface area contributed by atoms with E-state index in [0.717, 1.165) is 74.9 Å². The van der Waals surface area contributed by atoms with Crippen LogP contribution in [0.3, 0.4) is 0 Å². The fourth-order valence-corrected chi connectivity index (χ4v) is 9.54. The number of aromatic nitrogens is 8. The van der Waals surface area contributed by atoms with Crippen molar-refractivity contribution in [2.24, 2.45) is 11.5 Å². The topological polar surface area (TPSA) is 229 Å². The van der Waals surface area contributed by atoms with E-state index in [0.29, 0.717) is 66.1 Å². The summed E-state index contributed by atoms with van der Waals surface area (Å²) in [5.41, 5.74) is 18.1. The summed E-state index contributed by atoms with van der Waals surface area (Å²) < 4.78 is 90.5. The van der Waals surface area contributed by atoms with Crippen molar-refractivity contribution in [1.82, 2.24) is 49.3 Å². The van der Waals surface area contributed by atoms with Crippen LogP contribution in [-0.4, -0.2) is 146 Å². The van der Waals surface area contributed by atoms with Gasteiger partial charge in [-0.05, 0) is 87.3 Å². The third-order valence-electron chi connectivity index (χ3n) is 13.1. The number of nitrogens with one attached hydrogen (secondary N) is 2. The van der Waals surface area contributed by atoms with Gasteiger partial charge in [0, 0.05) is 99.3 Å². The molecule has 2 aliphatic heterocycles. The van der Waals surface area contributed by atoms with E-state index in [9.17, 15) is 35.9 Å². The van der Waals surface area contributed by atoms with Gasteiger partial charge in [0.25, 0.3) is 11.8 Å². The minimum Gasteiger partial charge on any atom is -0.404 e. The number of benzene rings is 2. The second-order valence-corrected chi connectivity index (χ2v) is 18.4. The zero-order chi connectivity index (χ0) is 53.3. The van der Waals surface area contributed by atoms with Crippen LogP contribution in [0.4, 0.5) is 61.0 Å². The number of nitrogens with zero attached hydrogens (tertiary/aromatic N) is 12. The zero-order valence-electron chi connectivity index (χ0n) is 40.6. The Kier molecular flexibility index (Phi) is 14.8. The molecule has 20 nitrogen and oxygen atoms in total. The lowest BCUT2D eigenvalue weighted by Crippen LogP contribution is -2.44. The summed E-state index contributed by atoms with van der Waals surface area (Å²) in [5, 5.41) is 14.4. The Bertz CT molecular complexity index is 3130. The molecule has 0 unspecified atom stereocenters. The van der Waals surface area contributed by atoms with E-state index in [4.69, 9.17) is 23.1 Å². The number of halogens is 7. The van der Waals surface area contributed by atoms with E-state index in [1.165, 1.54) is 23.0 Å². The summed E-state index contributed by atoms with van der Waals surface area (Å²) in [4.78, 5) is 50.3. The molecule has 2 aromatic carbocycles. The maximum absolute atomic E-state index is 13.2. The largest absolute Gasteiger partial charge is 0.573 e. The molecule has 10 rings (SSSR count). The molecular formula is C48H51ClF6N16O4. The van der Waals surface area contributed by atoms with Crippen molar-refractivity contribution in [3.63, 3.8) is 0 Å². The first-order valence-corrected chi connectivity index (χ1v) is 24.2. The number of likely N-dealkylation sites (N-methyl/N-ethyl adjacent to an activating group) is 2. The van der Waals surface area contributed by atoms with Gasteiger partial charge in [0.05, 0.1) is 40.7 Å². The van der Waals surface area contributed by atoms with Crippen LogP contribution in [0.5, 0.6) is 11.5 Å². The van der Waals surface area contributed by atoms with Gasteiger partial charge in [0.1, 0.15) is 0 Å². The standard InChI is InChI=1S/C24H26ClF3N8O2.C24H25F3N8O2/c1-34-8-10-35(11-9-34)15-3-5-18(38-24(26,27)28)17(12-15)31-23-30-13-14-2-4-16-20(22(29)37)33-36(7-6-25)21(16)19(14)32-23;1-3-35-21-16(20(32-35)22(28)36)6-4-14-13-29-23(31-19(14)21)30-17-12-15(34-10-8-33(2)9-11-34)5-7-18(17)37-24(25,26)27/h3,5,12-13H,2,4,6-11H2,1H3,(H2,29,37)(H,30,31,32);3,5,7,12-13H,1,4,6,8-11H2,2H3,(H2,28,36)(H,29,30,31). The zero-order valence-corrected chi connectivity index (χ0v) is 41.4. The predicted octanol–water partition coefficient (Wildman–Crippen LogP) is 6.20. The normalized spacial score (nSPS) is 15.6. The fraction of sp³-hybridized carbons (Fsp3) is 0.375. The lowest BCUT2D eigenvalue weighted by atomic mass is 9.93. The molecule has 2 aliphatic carbocycles. The van der Waals surface area contributed by atoms with Crippen molar-refractivity contribution in [3.05, 3.63) is 89.0 Å². The highest BCUT2D eigenvalue weighted by molar-refractivity contribution is 6.17. The van der Waals surface area contributed by atoms with Crippen molar-refractivity contribution in [3.8, 4) is 34.3 Å². The molecule has 6 heterocycles. The summed E-state index contributed by atoms with van der Waals surface area (Å²) in [6, 6.07) is 8.98. The van der Waals surface area contributed by atoms with Crippen LogP contribution in [0.15, 0.2) is 55.4 Å². The third kappa shape index (κ3) is 11.7. The van der Waals surface area contributed by atoms with Crippen LogP contribution in [0.2, 0.25) is 0 Å². The van der Waals surface area contributed by atoms with Gasteiger partial charge in [-0.15, -0.1) is 37.9 Å². The second-order valence-electron chi connectivity index (χ2n) is 18.0. The smallest absolute Gasteiger partial charge is 0.404 e. The van der Waals surface area contributed by atoms with Crippen LogP contribution >= 0.6 is 11.6 Å². The number of piperazine rings is 2. The number of hydrogen-bond donors (Lipinski definition) is 4. The van der Waals surface area contributed by atoms with Crippen molar-refractivity contribution in [2.45, 2.75) is 45.0 Å². The summed E-state index contributed by atoms with van der Waals surface area (Å²) in [6.07, 6.45) is -2.96. The molecule has 2 saturated heterocycles. The number of aryl methyl sites for hydroxylation is 3. The fourth-order valence-electron chi connectivity index (χ4n) is 9.38. The SMILES string of the molecule is C=Cn1nc(C(N)=O)c2c1-c1nc(Nc3cc(N4CCN(C)CC4)ccc3OC(F)(F)F)ncc1CC2.CN1CCN(c2ccc(OC(F)(F)F)c(Nc3ncc4c(n3)-c3c(c(C(N)=O)nn3CCCl)CC4)c2)CC1. The number of ether oxygens (including phenoxy) is 2. The molecule has 0 atom stereocenters. The maximum Gasteiger partial charge on any atom is 0.573 e. The molecule has 396 valence electrons. The summed E-state index contributed by atoms with van der Waals surface area (Å²) in [7, 11) is 4.04. The molecule has 4 aliphatic rings. The Labute approximate surface area is 430 Å². The Morgan fingerprint density at radius 3 is 1.55 bits per heavy atom. The Morgan fingerprint density at radius 1 is 0.680 bits per heavy atom. The average Bonchev–Trinajstić information content (AvgIpc) is 3.96. The molecule has 0 spiro atoms. The van der Waals surface area contributed by atoms with Gasteiger partial charge < -0.3 is 51.2 Å². The summed E-state index contributed by atoms with van der Waals surface area (Å²) in [6.45, 7) is 10.4. The number of carbonyl (C=O) groups is 2. The molecule has 2 amide bonds. The Hall–Kier alpha value is -7.71. The van der Waals surface area contributed by atoms with Gasteiger partial charge in [-0.2, -0.15) is 10.2 Å². The minimum absolute atomic E-state index is 0.0617. The highest BCUT2D eigenvalue weighted by Crippen LogP contribution is 2.40. The first-order chi connectivity index (χ1) is 35.7. The number of nitrogens with two attached hydrogens (primary N) is 2. The van der Waals surface area contributed by atoms with Crippen LogP contribution in [-0.2, 0) is 32.2 Å². The number of amides is 2. The number of carbonyl (C=O) groups excluding carboxylic acids is 2. The lowest BCUT2D eigenvalue weighted by Gasteiger charge is -2.34. The van der Waals surface area contributed by atoms with Crippen LogP contribution < -0.4 is 41.4 Å². The first kappa shape index (κ1) is 52.2. The molecule has 0 saturated carbocycles. The second kappa shape index (κ2) is 21.3. The van der Waals surface area contributed by atoms with Crippen molar-refractivity contribution in [2.75, 3.05) is 92.8 Å². The molecule has 0 radical (unpaired) electrons. The molecule has 6 N–H and O–H groups in total. The van der Waals surface area contributed by atoms with E-state index in [1.54, 1.807) is 41.3 Å². The maximum atomic E-state index is 13.2. The van der Waals surface area contributed by atoms with Gasteiger partial charge in [-0.25, -0.2) is 24.6 Å². The van der Waals surface area contributed by atoms with Gasteiger partial charge in [-0.3, -0.25) is 14.3 Å². The number of fused-ring (bicyclic) bond motifs is 6. The predicted molar refractivity (Wildman–Crippen MR) is 268 cm³/mol. The minimum atomic E-state index is -4.88. The third-order valence-corrected chi connectivity index (χ3v) is 13.2. The highest BCUT2D eigenvalue weighted by Gasteiger charge is 2.35. The molecule has 6 aromatic rings. The number of anilines is 6. The molecular weight excluding hydrogens is 1010 g/mol. The van der Waals surface area contributed by atoms with Crippen molar-refractivity contribution in [1.29, 1.82) is 0 Å². The average molecular weight is 1070 g/mol. The van der Waals surface area contributed by atoms with Gasteiger partial charge in [-0.1, -0.05) is 6.58 Å². The number of alkyl halides is 7. The molecule has 4 aromatic heterocycles. The van der Waals surface area contributed by atoms with Gasteiger partial charge in [0.15, 0.2) is 22.9 Å². The molecule has 0 bridgehead atoms. The summed E-state index contributed by atoms with van der Waals surface area (Å²) in [5.74, 6) is -1.75. The van der Waals surface area contributed by atoms with Crippen LogP contribution in [0, 0.1) is 0 Å². The van der Waals surface area contributed by atoms with E-state index in [2.05, 4.69) is 76.4 Å². The van der Waals surface area contributed by atoms with E-state index >= 15 is 0 Å². The van der Waals surface area contributed by atoms with Crippen molar-refractivity contribution >= 4 is 64.3 Å². The molecule has 75 heavy (non-hydrogen) atoms. The highest BCUT2D eigenvalue weighted by atomic mass is 35.5. The lowest BCUT2D eigenvalue weighted by molar-refractivity contribution is -0.275. The first-order valence-electron chi connectivity index (χ1n) is 23.7. The number of rotatable bonds is 13. The van der Waals surface area contributed by atoms with E-state index in [-0.39, 0.29) is 40.5 Å².